The Bertz CT molecular complexity index is 1080. The molecule has 1 fully saturated rings. The van der Waals surface area contributed by atoms with Gasteiger partial charge in [0.25, 0.3) is 10.0 Å². The van der Waals surface area contributed by atoms with Crippen LogP contribution in [0.3, 0.4) is 0 Å². The second-order valence-electron chi connectivity index (χ2n) is 10.5. The molecule has 1 aromatic heterocycles. The lowest BCUT2D eigenvalue weighted by atomic mass is 9.85. The van der Waals surface area contributed by atoms with Gasteiger partial charge < -0.3 is 20.1 Å². The first-order chi connectivity index (χ1) is 19.0. The lowest BCUT2D eigenvalue weighted by Gasteiger charge is -2.23. The molecule has 0 aliphatic heterocycles. The highest BCUT2D eigenvalue weighted by Gasteiger charge is 2.40. The molecule has 1 aromatic rings. The van der Waals surface area contributed by atoms with Crippen LogP contribution in [0.15, 0.2) is 32.9 Å². The number of hydrogen-bond donors (Lipinski definition) is 3. The number of carbonyl (C=O) groups excluding carboxylic acids is 2. The minimum absolute atomic E-state index is 0.0288. The van der Waals surface area contributed by atoms with Gasteiger partial charge >= 0.3 is 5.97 Å². The molecular weight excluding hydrogens is 554 g/mol. The van der Waals surface area contributed by atoms with Crippen LogP contribution in [0.5, 0.6) is 0 Å². The summed E-state index contributed by atoms with van der Waals surface area (Å²) < 4.78 is 33.4. The molecule has 3 N–H and O–H groups in total. The van der Waals surface area contributed by atoms with Gasteiger partial charge in [-0.2, -0.15) is 12.8 Å². The van der Waals surface area contributed by atoms with Gasteiger partial charge in [-0.3, -0.25) is 9.59 Å². The maximum absolute atomic E-state index is 12.3. The van der Waals surface area contributed by atoms with E-state index >= 15 is 0 Å². The van der Waals surface area contributed by atoms with Crippen LogP contribution in [0.2, 0.25) is 0 Å². The molecule has 0 bridgehead atoms. The molecule has 226 valence electrons. The number of allylic oxidation sites excluding steroid dienone is 2. The zero-order valence-corrected chi connectivity index (χ0v) is 25.2. The Labute approximate surface area is 242 Å². The normalized spacial score (nSPS) is 22.3. The molecule has 0 aromatic carbocycles. The monoisotopic (exact) mass is 599 g/mol. The van der Waals surface area contributed by atoms with Crippen molar-refractivity contribution in [2.75, 3.05) is 6.61 Å². The van der Waals surface area contributed by atoms with Crippen molar-refractivity contribution in [2.45, 2.75) is 113 Å². The fourth-order valence-electron chi connectivity index (χ4n) is 4.95. The molecule has 9 nitrogen and oxygen atoms in total. The van der Waals surface area contributed by atoms with E-state index in [1.165, 1.54) is 19.2 Å². The molecule has 11 heteroatoms. The molecule has 0 radical (unpaired) electrons. The van der Waals surface area contributed by atoms with Crippen molar-refractivity contribution in [3.63, 3.8) is 0 Å². The van der Waals surface area contributed by atoms with Gasteiger partial charge in [0.05, 0.1) is 24.9 Å². The van der Waals surface area contributed by atoms with E-state index in [2.05, 4.69) is 11.3 Å². The number of ketones is 1. The Kier molecular flexibility index (Phi) is 15.3. The molecule has 0 saturated heterocycles. The van der Waals surface area contributed by atoms with Crippen molar-refractivity contribution in [3.8, 4) is 0 Å². The minimum Gasteiger partial charge on any atom is -0.465 e. The Morgan fingerprint density at radius 3 is 2.60 bits per heavy atom. The van der Waals surface area contributed by atoms with Crippen LogP contribution >= 0.6 is 11.3 Å². The first kappa shape index (κ1) is 34.3. The standard InChI is InChI=1S/C29H45NO8S2/c1-3-4-10-22(32)13-15-25-24(26(33)20-27(25)34)11-7-5-6-8-12-28(35)38-18-9-17-30-40(36,37)29-16-14-23(39-29)19-21(2)31/h5,7,14,16-17,22,24-27,32-34H,3-4,6,8-13,15,18-20H2,1-2H3/b7-5-,30-17?/t22-,24+,25+,26-,27+/m0/s1. The molecule has 1 aliphatic carbocycles. The van der Waals surface area contributed by atoms with Crippen LogP contribution in [0.1, 0.15) is 89.4 Å². The number of thiophene rings is 1. The molecule has 0 spiro atoms. The van der Waals surface area contributed by atoms with E-state index in [9.17, 15) is 33.3 Å². The van der Waals surface area contributed by atoms with Crippen LogP contribution in [0.4, 0.5) is 0 Å². The molecule has 0 unspecified atom stereocenters. The summed E-state index contributed by atoms with van der Waals surface area (Å²) in [5.41, 5.74) is 0. The number of esters is 1. The van der Waals surface area contributed by atoms with Crippen LogP contribution < -0.4 is 0 Å². The summed E-state index contributed by atoms with van der Waals surface area (Å²) in [7, 11) is -3.84. The fraction of sp³-hybridized carbons (Fsp3) is 0.690. The zero-order valence-electron chi connectivity index (χ0n) is 23.6. The Hall–Kier alpha value is -1.92. The van der Waals surface area contributed by atoms with E-state index in [1.54, 1.807) is 6.07 Å². The molecule has 5 atom stereocenters. The van der Waals surface area contributed by atoms with Crippen molar-refractivity contribution in [1.82, 2.24) is 0 Å². The van der Waals surface area contributed by atoms with Gasteiger partial charge in [-0.15, -0.1) is 11.3 Å². The highest BCUT2D eigenvalue weighted by Crippen LogP contribution is 2.38. The van der Waals surface area contributed by atoms with Crippen LogP contribution in [-0.4, -0.2) is 66.6 Å². The van der Waals surface area contributed by atoms with Crippen LogP contribution in [-0.2, 0) is 30.8 Å². The summed E-state index contributed by atoms with van der Waals surface area (Å²) in [6.45, 7) is 3.56. The number of carbonyl (C=O) groups is 2. The number of ether oxygens (including phenoxy) is 1. The minimum atomic E-state index is -3.84. The summed E-state index contributed by atoms with van der Waals surface area (Å²) in [5.74, 6) is -0.481. The first-order valence-electron chi connectivity index (χ1n) is 14.2. The van der Waals surface area contributed by atoms with Gasteiger partial charge in [-0.25, -0.2) is 0 Å². The van der Waals surface area contributed by atoms with E-state index in [0.29, 0.717) is 43.4 Å². The highest BCUT2D eigenvalue weighted by atomic mass is 32.2. The van der Waals surface area contributed by atoms with Gasteiger partial charge in [-0.1, -0.05) is 31.9 Å². The molecule has 1 aliphatic rings. The lowest BCUT2D eigenvalue weighted by molar-refractivity contribution is -0.143. The Balaban J connectivity index is 1.63. The molecule has 0 amide bonds. The quantitative estimate of drug-likeness (QED) is 0.0918. The third-order valence-corrected chi connectivity index (χ3v) is 9.94. The lowest BCUT2D eigenvalue weighted by Crippen LogP contribution is -2.23. The summed E-state index contributed by atoms with van der Waals surface area (Å²) in [6, 6.07) is 3.04. The van der Waals surface area contributed by atoms with Crippen molar-refractivity contribution < 1.29 is 38.1 Å². The van der Waals surface area contributed by atoms with E-state index in [4.69, 9.17) is 4.74 Å². The third-order valence-electron chi connectivity index (χ3n) is 7.11. The van der Waals surface area contributed by atoms with Gasteiger partial charge in [-0.05, 0) is 75.8 Å². The number of hydrogen-bond acceptors (Lipinski definition) is 9. The summed E-state index contributed by atoms with van der Waals surface area (Å²) in [5, 5.41) is 30.9. The topological polar surface area (TPSA) is 151 Å². The molecule has 40 heavy (non-hydrogen) atoms. The van der Waals surface area contributed by atoms with Crippen LogP contribution in [0.25, 0.3) is 0 Å². The Morgan fingerprint density at radius 1 is 1.12 bits per heavy atom. The van der Waals surface area contributed by atoms with Crippen LogP contribution in [0, 0.1) is 11.8 Å². The average molecular weight is 600 g/mol. The number of nitrogens with zero attached hydrogens (tertiary/aromatic N) is 1. The van der Waals surface area contributed by atoms with Crippen molar-refractivity contribution in [2.24, 2.45) is 16.2 Å². The fourth-order valence-corrected chi connectivity index (χ4v) is 7.27. The number of unbranched alkanes of at least 4 members (excludes halogenated alkanes) is 2. The van der Waals surface area contributed by atoms with Gasteiger partial charge in [0.1, 0.15) is 9.99 Å². The number of aliphatic hydroxyl groups excluding tert-OH is 3. The summed E-state index contributed by atoms with van der Waals surface area (Å²) >= 11 is 1.02. The van der Waals surface area contributed by atoms with Gasteiger partial charge in [0, 0.05) is 30.4 Å². The largest absolute Gasteiger partial charge is 0.465 e. The molecular formula is C29H45NO8S2. The van der Waals surface area contributed by atoms with Gasteiger partial charge in [0.15, 0.2) is 0 Å². The average Bonchev–Trinajstić information content (AvgIpc) is 3.46. The summed E-state index contributed by atoms with van der Waals surface area (Å²) in [4.78, 5) is 23.8. The number of Topliss-reactive ketones (excluding diaryl/α,β-unsaturated/α-hetero) is 1. The van der Waals surface area contributed by atoms with Crippen molar-refractivity contribution in [3.05, 3.63) is 29.2 Å². The Morgan fingerprint density at radius 2 is 1.88 bits per heavy atom. The second-order valence-corrected chi connectivity index (χ2v) is 13.6. The number of sulfonamides is 1. The first-order valence-corrected chi connectivity index (χ1v) is 16.5. The van der Waals surface area contributed by atoms with E-state index in [1.807, 2.05) is 12.2 Å². The predicted molar refractivity (Wildman–Crippen MR) is 156 cm³/mol. The number of rotatable bonds is 19. The van der Waals surface area contributed by atoms with Gasteiger partial charge in [0.2, 0.25) is 0 Å². The highest BCUT2D eigenvalue weighted by molar-refractivity contribution is 7.92. The predicted octanol–water partition coefficient (Wildman–Crippen LogP) is 4.38. The maximum Gasteiger partial charge on any atom is 0.305 e. The molecule has 1 saturated carbocycles. The third kappa shape index (κ3) is 12.3. The van der Waals surface area contributed by atoms with E-state index in [-0.39, 0.29) is 59.8 Å². The van der Waals surface area contributed by atoms with Crippen molar-refractivity contribution in [1.29, 1.82) is 0 Å². The number of aliphatic hydroxyl groups is 3. The second kappa shape index (κ2) is 17.8. The molecule has 1 heterocycles. The maximum atomic E-state index is 12.3. The van der Waals surface area contributed by atoms with Crippen molar-refractivity contribution >= 4 is 39.3 Å². The van der Waals surface area contributed by atoms with E-state index < -0.39 is 22.2 Å². The molecule has 2 rings (SSSR count). The van der Waals surface area contributed by atoms with E-state index in [0.717, 1.165) is 30.6 Å². The SMILES string of the molecule is CCCC[C@H](O)CC[C@@H]1[C@@H](C/C=C\CCCC(=O)OCCC=NS(=O)(=O)c2ccc(CC(C)=O)s2)[C@@H](O)C[C@H]1O. The smallest absolute Gasteiger partial charge is 0.305 e. The summed E-state index contributed by atoms with van der Waals surface area (Å²) in [6.07, 6.45) is 10.7. The zero-order chi connectivity index (χ0) is 29.5.